The number of carbonyl (C=O) groups excluding carboxylic acids is 3. The third kappa shape index (κ3) is 3.02. The maximum atomic E-state index is 14.0. The molecule has 1 N–H and O–H groups in total. The van der Waals surface area contributed by atoms with Crippen molar-refractivity contribution in [3.8, 4) is 0 Å². The minimum absolute atomic E-state index is 0.152. The van der Waals surface area contributed by atoms with E-state index in [1.807, 2.05) is 42.5 Å². The van der Waals surface area contributed by atoms with Gasteiger partial charge in [0.05, 0.1) is 18.1 Å². The van der Waals surface area contributed by atoms with Crippen LogP contribution in [0.15, 0.2) is 91.0 Å². The molecule has 3 aromatic carbocycles. The van der Waals surface area contributed by atoms with E-state index >= 15 is 0 Å². The maximum absolute atomic E-state index is 14.0. The molecule has 33 heavy (non-hydrogen) atoms. The topological polar surface area (TPSA) is 75.7 Å². The fourth-order valence-electron chi connectivity index (χ4n) is 5.12. The molecule has 6 heteroatoms. The molecule has 1 amide bonds. The smallest absolute Gasteiger partial charge is 0.334 e. The van der Waals surface area contributed by atoms with E-state index in [-0.39, 0.29) is 24.7 Å². The number of esters is 1. The Labute approximate surface area is 192 Å². The highest BCUT2D eigenvalue weighted by Crippen LogP contribution is 2.71. The Balaban J connectivity index is 1.68. The van der Waals surface area contributed by atoms with Crippen molar-refractivity contribution in [1.82, 2.24) is 10.4 Å². The zero-order valence-corrected chi connectivity index (χ0v) is 18.2. The van der Waals surface area contributed by atoms with E-state index in [1.165, 1.54) is 5.01 Å². The number of hydrazine groups is 1. The van der Waals surface area contributed by atoms with Crippen LogP contribution >= 0.6 is 0 Å². The van der Waals surface area contributed by atoms with E-state index in [1.54, 1.807) is 55.5 Å². The van der Waals surface area contributed by atoms with Gasteiger partial charge in [-0.3, -0.25) is 14.6 Å². The maximum Gasteiger partial charge on any atom is 0.334 e. The molecule has 0 aromatic heterocycles. The summed E-state index contributed by atoms with van der Waals surface area (Å²) >= 11 is 0. The van der Waals surface area contributed by atoms with Crippen molar-refractivity contribution in [2.75, 3.05) is 6.61 Å². The average molecular weight is 440 g/mol. The Hall–Kier alpha value is -3.77. The second kappa shape index (κ2) is 7.98. The lowest BCUT2D eigenvalue weighted by molar-refractivity contribution is -0.151. The zero-order valence-electron chi connectivity index (χ0n) is 18.2. The van der Waals surface area contributed by atoms with Crippen molar-refractivity contribution in [3.63, 3.8) is 0 Å². The summed E-state index contributed by atoms with van der Waals surface area (Å²) in [6.07, 6.45) is 0.192. The Morgan fingerprint density at radius 2 is 1.42 bits per heavy atom. The van der Waals surface area contributed by atoms with Crippen LogP contribution in [0, 0.1) is 5.41 Å². The van der Waals surface area contributed by atoms with Crippen LogP contribution in [0.1, 0.15) is 45.7 Å². The SMILES string of the molecule is CCOC(=O)[C@@]12C[C@]1(C(=O)c1ccccc1)[C@H](c1ccccc1)NN2C(=O)c1ccccc1. The molecule has 1 aliphatic carbocycles. The van der Waals surface area contributed by atoms with Gasteiger partial charge in [0, 0.05) is 17.5 Å². The van der Waals surface area contributed by atoms with Gasteiger partial charge in [-0.2, -0.15) is 0 Å². The Kier molecular flexibility index (Phi) is 5.10. The summed E-state index contributed by atoms with van der Waals surface area (Å²) in [6.45, 7) is 1.87. The molecule has 0 unspecified atom stereocenters. The van der Waals surface area contributed by atoms with E-state index in [0.29, 0.717) is 11.1 Å². The lowest BCUT2D eigenvalue weighted by Gasteiger charge is -2.27. The summed E-state index contributed by atoms with van der Waals surface area (Å²) in [7, 11) is 0. The quantitative estimate of drug-likeness (QED) is 0.464. The highest BCUT2D eigenvalue weighted by molar-refractivity contribution is 6.13. The van der Waals surface area contributed by atoms with Crippen LogP contribution in [0.5, 0.6) is 0 Å². The summed E-state index contributed by atoms with van der Waals surface area (Å²) in [5, 5.41) is 1.35. The molecule has 5 rings (SSSR count). The molecule has 2 fully saturated rings. The van der Waals surface area contributed by atoms with Crippen LogP contribution in [0.2, 0.25) is 0 Å². The molecule has 3 aromatic rings. The van der Waals surface area contributed by atoms with Crippen LogP contribution in [-0.4, -0.2) is 34.8 Å². The van der Waals surface area contributed by atoms with Gasteiger partial charge in [-0.05, 0) is 24.6 Å². The summed E-state index contributed by atoms with van der Waals surface area (Å²) in [5.41, 5.74) is 2.39. The van der Waals surface area contributed by atoms with Crippen LogP contribution in [0.4, 0.5) is 0 Å². The van der Waals surface area contributed by atoms with Gasteiger partial charge in [0.1, 0.15) is 0 Å². The number of amides is 1. The highest BCUT2D eigenvalue weighted by atomic mass is 16.5. The fourth-order valence-corrected chi connectivity index (χ4v) is 5.12. The van der Waals surface area contributed by atoms with Gasteiger partial charge in [0.15, 0.2) is 11.3 Å². The first-order chi connectivity index (χ1) is 16.1. The molecule has 0 bridgehead atoms. The fraction of sp³-hybridized carbons (Fsp3) is 0.222. The third-order valence-electron chi connectivity index (χ3n) is 6.69. The molecule has 3 atom stereocenters. The molecule has 1 saturated heterocycles. The van der Waals surface area contributed by atoms with Crippen LogP contribution in [0.25, 0.3) is 0 Å². The molecule has 1 aliphatic heterocycles. The number of hydrogen-bond donors (Lipinski definition) is 1. The second-order valence-corrected chi connectivity index (χ2v) is 8.40. The van der Waals surface area contributed by atoms with Gasteiger partial charge < -0.3 is 4.74 Å². The monoisotopic (exact) mass is 440 g/mol. The molecule has 2 aliphatic rings. The molecular formula is C27H24N2O4. The standard InChI is InChI=1S/C27H24N2O4/c1-2-33-25(32)27-18-26(27,23(30)20-14-8-4-9-15-20)22(19-12-6-3-7-13-19)28-29(27)24(31)21-16-10-5-11-17-21/h3-17,22,28H,2,18H2,1H3/t22-,26+,27-/m0/s1. The van der Waals surface area contributed by atoms with E-state index in [0.717, 1.165) is 5.56 Å². The predicted molar refractivity (Wildman–Crippen MR) is 122 cm³/mol. The normalized spacial score (nSPS) is 25.2. The van der Waals surface area contributed by atoms with Crippen LogP contribution in [0.3, 0.4) is 0 Å². The molecule has 1 heterocycles. The number of rotatable bonds is 6. The van der Waals surface area contributed by atoms with Gasteiger partial charge >= 0.3 is 5.97 Å². The van der Waals surface area contributed by atoms with E-state index in [4.69, 9.17) is 4.74 Å². The molecule has 166 valence electrons. The highest BCUT2D eigenvalue weighted by Gasteiger charge is 2.87. The average Bonchev–Trinajstić information content (AvgIpc) is 3.49. The van der Waals surface area contributed by atoms with Crippen molar-refractivity contribution in [2.24, 2.45) is 5.41 Å². The number of carbonyl (C=O) groups is 3. The molecule has 0 spiro atoms. The molecule has 1 saturated carbocycles. The van der Waals surface area contributed by atoms with E-state index in [9.17, 15) is 14.4 Å². The lowest BCUT2D eigenvalue weighted by Crippen LogP contribution is -2.52. The number of nitrogens with one attached hydrogen (secondary N) is 1. The van der Waals surface area contributed by atoms with Crippen LogP contribution < -0.4 is 5.43 Å². The number of ketones is 1. The van der Waals surface area contributed by atoms with Crippen molar-refractivity contribution in [1.29, 1.82) is 0 Å². The summed E-state index contributed by atoms with van der Waals surface area (Å²) in [4.78, 5) is 41.1. The zero-order chi connectivity index (χ0) is 23.1. The van der Waals surface area contributed by atoms with Gasteiger partial charge in [-0.15, -0.1) is 0 Å². The third-order valence-corrected chi connectivity index (χ3v) is 6.69. The second-order valence-electron chi connectivity index (χ2n) is 8.40. The lowest BCUT2D eigenvalue weighted by atomic mass is 9.81. The number of benzene rings is 3. The minimum atomic E-state index is -1.43. The number of Topliss-reactive ketones (excluding diaryl/α,β-unsaturated/α-hetero) is 1. The van der Waals surface area contributed by atoms with Crippen molar-refractivity contribution in [2.45, 2.75) is 24.9 Å². The number of fused-ring (bicyclic) bond motifs is 1. The van der Waals surface area contributed by atoms with Gasteiger partial charge in [0.2, 0.25) is 0 Å². The number of ether oxygens (including phenoxy) is 1. The van der Waals surface area contributed by atoms with Gasteiger partial charge in [-0.1, -0.05) is 78.9 Å². The van der Waals surface area contributed by atoms with Crippen molar-refractivity contribution >= 4 is 17.7 Å². The number of hydrogen-bond acceptors (Lipinski definition) is 5. The van der Waals surface area contributed by atoms with Gasteiger partial charge in [-0.25, -0.2) is 10.2 Å². The predicted octanol–water partition coefficient (Wildman–Crippen LogP) is 3.96. The molecule has 6 nitrogen and oxygen atoms in total. The van der Waals surface area contributed by atoms with E-state index < -0.39 is 23.0 Å². The largest absolute Gasteiger partial charge is 0.464 e. The van der Waals surface area contributed by atoms with Crippen molar-refractivity contribution < 1.29 is 19.1 Å². The first-order valence-corrected chi connectivity index (χ1v) is 11.0. The Morgan fingerprint density at radius 3 is 2.00 bits per heavy atom. The van der Waals surface area contributed by atoms with Crippen LogP contribution in [-0.2, 0) is 9.53 Å². The first-order valence-electron chi connectivity index (χ1n) is 11.0. The summed E-state index contributed by atoms with van der Waals surface area (Å²) < 4.78 is 5.46. The molecule has 0 radical (unpaired) electrons. The number of nitrogens with zero attached hydrogens (tertiary/aromatic N) is 1. The first kappa shape index (κ1) is 21.1. The van der Waals surface area contributed by atoms with Crippen molar-refractivity contribution in [3.05, 3.63) is 108 Å². The molecular weight excluding hydrogens is 416 g/mol. The van der Waals surface area contributed by atoms with Gasteiger partial charge in [0.25, 0.3) is 5.91 Å². The summed E-state index contributed by atoms with van der Waals surface area (Å²) in [5.74, 6) is -1.12. The summed E-state index contributed by atoms with van der Waals surface area (Å²) in [6, 6.07) is 26.6. The minimum Gasteiger partial charge on any atom is -0.464 e. The Bertz CT molecular complexity index is 1200. The van der Waals surface area contributed by atoms with E-state index in [2.05, 4.69) is 5.43 Å². The Morgan fingerprint density at radius 1 is 0.879 bits per heavy atom.